The molecule has 152 valence electrons. The highest BCUT2D eigenvalue weighted by Crippen LogP contribution is 2.31. The molecule has 0 radical (unpaired) electrons. The molecule has 2 amide bonds. The van der Waals surface area contributed by atoms with E-state index >= 15 is 0 Å². The number of nitrogens with one attached hydrogen (secondary N) is 1. The normalized spacial score (nSPS) is 23.4. The Morgan fingerprint density at radius 1 is 1.10 bits per heavy atom. The molecule has 2 heterocycles. The van der Waals surface area contributed by atoms with Gasteiger partial charge in [0.25, 0.3) is 0 Å². The van der Waals surface area contributed by atoms with Crippen LogP contribution in [0.25, 0.3) is 0 Å². The van der Waals surface area contributed by atoms with Crippen molar-refractivity contribution < 1.29 is 9.59 Å². The average Bonchev–Trinajstić information content (AvgIpc) is 3.35. The lowest BCUT2D eigenvalue weighted by molar-refractivity contribution is -0.126. The molecule has 2 aliphatic heterocycles. The summed E-state index contributed by atoms with van der Waals surface area (Å²) >= 11 is 3.50. The van der Waals surface area contributed by atoms with Crippen molar-refractivity contribution >= 4 is 33.4 Å². The van der Waals surface area contributed by atoms with Gasteiger partial charge in [-0.25, -0.2) is 0 Å². The maximum atomic E-state index is 12.8. The monoisotopic (exact) mass is 455 g/mol. The molecule has 2 aliphatic rings. The molecule has 3 atom stereocenters. The first-order chi connectivity index (χ1) is 14.0. The Morgan fingerprint density at radius 3 is 2.59 bits per heavy atom. The summed E-state index contributed by atoms with van der Waals surface area (Å²) in [4.78, 5) is 29.5. The molecule has 2 fully saturated rings. The molecule has 0 aliphatic carbocycles. The number of carbonyl (C=O) groups is 2. The Kier molecular flexibility index (Phi) is 6.01. The summed E-state index contributed by atoms with van der Waals surface area (Å²) < 4.78 is 0.871. The SMILES string of the molecule is CC(c1ccccc1)N1CCC(NC(=O)C2CC(=O)N(c3ccccc3Br)C2)C1. The van der Waals surface area contributed by atoms with Crippen molar-refractivity contribution in [3.8, 4) is 0 Å². The Morgan fingerprint density at radius 2 is 1.83 bits per heavy atom. The van der Waals surface area contributed by atoms with Gasteiger partial charge in [0.15, 0.2) is 0 Å². The number of nitrogens with zero attached hydrogens (tertiary/aromatic N) is 2. The summed E-state index contributed by atoms with van der Waals surface area (Å²) in [6.07, 6.45) is 1.21. The van der Waals surface area contributed by atoms with Crippen LogP contribution in [0, 0.1) is 5.92 Å². The number of likely N-dealkylation sites (tertiary alicyclic amines) is 1. The lowest BCUT2D eigenvalue weighted by atomic mass is 10.1. The number of benzene rings is 2. The van der Waals surface area contributed by atoms with E-state index in [-0.39, 0.29) is 30.2 Å². The molecule has 6 heteroatoms. The van der Waals surface area contributed by atoms with Crippen LogP contribution in [0.5, 0.6) is 0 Å². The van der Waals surface area contributed by atoms with E-state index in [2.05, 4.69) is 57.3 Å². The van der Waals surface area contributed by atoms with Crippen molar-refractivity contribution in [2.75, 3.05) is 24.5 Å². The van der Waals surface area contributed by atoms with E-state index in [1.165, 1.54) is 5.56 Å². The third-order valence-corrected chi connectivity index (χ3v) is 6.71. The number of hydrogen-bond acceptors (Lipinski definition) is 3. The Labute approximate surface area is 180 Å². The number of carbonyl (C=O) groups excluding carboxylic acids is 2. The van der Waals surface area contributed by atoms with Crippen LogP contribution in [0.3, 0.4) is 0 Å². The molecule has 2 saturated heterocycles. The summed E-state index contributed by atoms with van der Waals surface area (Å²) in [7, 11) is 0. The van der Waals surface area contributed by atoms with Gasteiger partial charge in [-0.15, -0.1) is 0 Å². The van der Waals surface area contributed by atoms with Crippen molar-refractivity contribution in [1.82, 2.24) is 10.2 Å². The van der Waals surface area contributed by atoms with Crippen molar-refractivity contribution in [1.29, 1.82) is 0 Å². The topological polar surface area (TPSA) is 52.7 Å². The van der Waals surface area contributed by atoms with Crippen molar-refractivity contribution in [2.45, 2.75) is 31.8 Å². The Bertz CT molecular complexity index is 889. The van der Waals surface area contributed by atoms with Crippen LogP contribution in [0.1, 0.15) is 31.4 Å². The first-order valence-electron chi connectivity index (χ1n) is 10.2. The molecule has 1 N–H and O–H groups in total. The van der Waals surface area contributed by atoms with Crippen molar-refractivity contribution in [3.63, 3.8) is 0 Å². The molecular weight excluding hydrogens is 430 g/mol. The van der Waals surface area contributed by atoms with E-state index < -0.39 is 0 Å². The van der Waals surface area contributed by atoms with Crippen LogP contribution in [0.4, 0.5) is 5.69 Å². The largest absolute Gasteiger partial charge is 0.352 e. The fourth-order valence-electron chi connectivity index (χ4n) is 4.30. The van der Waals surface area contributed by atoms with E-state index in [1.54, 1.807) is 4.90 Å². The standard InChI is InChI=1S/C23H26BrN3O2/c1-16(17-7-3-2-4-8-17)26-12-11-19(15-26)25-23(29)18-13-22(28)27(14-18)21-10-6-5-9-20(21)24/h2-10,16,18-19H,11-15H2,1H3,(H,25,29). The number of amides is 2. The van der Waals surface area contributed by atoms with Gasteiger partial charge in [-0.05, 0) is 47.0 Å². The maximum Gasteiger partial charge on any atom is 0.227 e. The van der Waals surface area contributed by atoms with E-state index in [1.807, 2.05) is 30.3 Å². The van der Waals surface area contributed by atoms with Gasteiger partial charge in [-0.2, -0.15) is 0 Å². The highest BCUT2D eigenvalue weighted by molar-refractivity contribution is 9.10. The summed E-state index contributed by atoms with van der Waals surface area (Å²) in [6.45, 7) is 4.46. The molecule has 0 bridgehead atoms. The molecule has 5 nitrogen and oxygen atoms in total. The lowest BCUT2D eigenvalue weighted by Crippen LogP contribution is -2.41. The number of rotatable bonds is 5. The fraction of sp³-hybridized carbons (Fsp3) is 0.391. The van der Waals surface area contributed by atoms with Gasteiger partial charge in [0.2, 0.25) is 11.8 Å². The molecule has 0 saturated carbocycles. The highest BCUT2D eigenvalue weighted by atomic mass is 79.9. The smallest absolute Gasteiger partial charge is 0.227 e. The predicted octanol–water partition coefficient (Wildman–Crippen LogP) is 3.75. The molecule has 2 aromatic rings. The molecule has 0 aromatic heterocycles. The number of para-hydroxylation sites is 1. The summed E-state index contributed by atoms with van der Waals surface area (Å²) in [5.41, 5.74) is 2.13. The quantitative estimate of drug-likeness (QED) is 0.746. The minimum absolute atomic E-state index is 0.00259. The van der Waals surface area contributed by atoms with Crippen molar-refractivity contribution in [3.05, 3.63) is 64.6 Å². The molecule has 0 spiro atoms. The number of anilines is 1. The summed E-state index contributed by atoms with van der Waals surface area (Å²) in [6, 6.07) is 18.6. The highest BCUT2D eigenvalue weighted by Gasteiger charge is 2.37. The number of hydrogen-bond donors (Lipinski definition) is 1. The van der Waals surface area contributed by atoms with Crippen LogP contribution in [-0.4, -0.2) is 42.4 Å². The average molecular weight is 456 g/mol. The first kappa shape index (κ1) is 20.1. The second kappa shape index (κ2) is 8.67. The Balaban J connectivity index is 1.33. The van der Waals surface area contributed by atoms with Gasteiger partial charge in [0, 0.05) is 42.6 Å². The van der Waals surface area contributed by atoms with Gasteiger partial charge < -0.3 is 10.2 Å². The second-order valence-corrected chi connectivity index (χ2v) is 8.79. The molecule has 29 heavy (non-hydrogen) atoms. The van der Waals surface area contributed by atoms with Gasteiger partial charge in [-0.1, -0.05) is 42.5 Å². The molecule has 2 aromatic carbocycles. The van der Waals surface area contributed by atoms with Gasteiger partial charge in [0.1, 0.15) is 0 Å². The lowest BCUT2D eigenvalue weighted by Gasteiger charge is -2.25. The predicted molar refractivity (Wildman–Crippen MR) is 118 cm³/mol. The van der Waals surface area contributed by atoms with E-state index in [9.17, 15) is 9.59 Å². The van der Waals surface area contributed by atoms with Crippen LogP contribution in [-0.2, 0) is 9.59 Å². The molecular formula is C23H26BrN3O2. The first-order valence-corrected chi connectivity index (χ1v) is 11.0. The second-order valence-electron chi connectivity index (χ2n) is 7.93. The van der Waals surface area contributed by atoms with Gasteiger partial charge >= 0.3 is 0 Å². The van der Waals surface area contributed by atoms with Gasteiger partial charge in [0.05, 0.1) is 11.6 Å². The summed E-state index contributed by atoms with van der Waals surface area (Å²) in [5, 5.41) is 3.19. The van der Waals surface area contributed by atoms with E-state index in [0.29, 0.717) is 12.6 Å². The number of halogens is 1. The minimum Gasteiger partial charge on any atom is -0.352 e. The van der Waals surface area contributed by atoms with Crippen LogP contribution < -0.4 is 10.2 Å². The zero-order valence-electron chi connectivity index (χ0n) is 16.6. The summed E-state index contributed by atoms with van der Waals surface area (Å²) in [5.74, 6) is -0.301. The minimum atomic E-state index is -0.296. The van der Waals surface area contributed by atoms with Crippen molar-refractivity contribution in [2.24, 2.45) is 5.92 Å². The van der Waals surface area contributed by atoms with E-state index in [4.69, 9.17) is 0 Å². The van der Waals surface area contributed by atoms with Crippen LogP contribution in [0.15, 0.2) is 59.1 Å². The molecule has 3 unspecified atom stereocenters. The Hall–Kier alpha value is -2.18. The van der Waals surface area contributed by atoms with E-state index in [0.717, 1.165) is 29.7 Å². The van der Waals surface area contributed by atoms with Crippen LogP contribution in [0.2, 0.25) is 0 Å². The van der Waals surface area contributed by atoms with Crippen LogP contribution >= 0.6 is 15.9 Å². The molecule has 4 rings (SSSR count). The third kappa shape index (κ3) is 4.38. The fourth-order valence-corrected chi connectivity index (χ4v) is 4.80. The van der Waals surface area contributed by atoms with Gasteiger partial charge in [-0.3, -0.25) is 14.5 Å². The zero-order valence-corrected chi connectivity index (χ0v) is 18.1. The third-order valence-electron chi connectivity index (χ3n) is 6.03. The zero-order chi connectivity index (χ0) is 20.4. The maximum absolute atomic E-state index is 12.8.